The second-order valence-electron chi connectivity index (χ2n) is 3.76. The molecule has 15 heavy (non-hydrogen) atoms. The van der Waals surface area contributed by atoms with Crippen LogP contribution < -0.4 is 5.32 Å². The third-order valence-electron chi connectivity index (χ3n) is 2.43. The van der Waals surface area contributed by atoms with Crippen LogP contribution in [0.2, 0.25) is 5.15 Å². The fraction of sp³-hybridized carbons (Fsp3) is 0.583. The number of hydrogen-bond acceptors (Lipinski definition) is 2. The van der Waals surface area contributed by atoms with Crippen molar-refractivity contribution >= 4 is 11.6 Å². The molecule has 0 saturated heterocycles. The number of aromatic nitrogens is 1. The molecule has 84 valence electrons. The van der Waals surface area contributed by atoms with Crippen molar-refractivity contribution in [2.24, 2.45) is 0 Å². The number of nitrogens with one attached hydrogen (secondary N) is 1. The van der Waals surface area contributed by atoms with Gasteiger partial charge in [0.1, 0.15) is 5.15 Å². The van der Waals surface area contributed by atoms with Crippen molar-refractivity contribution in [1.82, 2.24) is 10.3 Å². The summed E-state index contributed by atoms with van der Waals surface area (Å²) in [6, 6.07) is 3.92. The van der Waals surface area contributed by atoms with Gasteiger partial charge < -0.3 is 5.32 Å². The number of unbranched alkanes of at least 4 members (excludes halogenated alkanes) is 3. The number of nitrogens with zero attached hydrogens (tertiary/aromatic N) is 1. The Labute approximate surface area is 97.1 Å². The van der Waals surface area contributed by atoms with E-state index in [9.17, 15) is 0 Å². The minimum absolute atomic E-state index is 0.577. The number of hydrogen-bond donors (Lipinski definition) is 1. The van der Waals surface area contributed by atoms with E-state index in [1.165, 1.54) is 31.2 Å². The number of aryl methyl sites for hydroxylation is 1. The molecule has 0 aliphatic carbocycles. The van der Waals surface area contributed by atoms with Crippen LogP contribution in [0.3, 0.4) is 0 Å². The van der Waals surface area contributed by atoms with E-state index in [-0.39, 0.29) is 0 Å². The van der Waals surface area contributed by atoms with Gasteiger partial charge >= 0.3 is 0 Å². The van der Waals surface area contributed by atoms with Crippen molar-refractivity contribution < 1.29 is 0 Å². The Morgan fingerprint density at radius 3 is 2.67 bits per heavy atom. The van der Waals surface area contributed by atoms with E-state index in [0.29, 0.717) is 5.15 Å². The van der Waals surface area contributed by atoms with Gasteiger partial charge in [-0.25, -0.2) is 4.98 Å². The highest BCUT2D eigenvalue weighted by atomic mass is 35.5. The Balaban J connectivity index is 2.07. The molecule has 1 heterocycles. The highest BCUT2D eigenvalue weighted by Crippen LogP contribution is 2.09. The standard InChI is InChI=1S/C12H19ClN2/c1-14-9-5-3-2-4-6-11-7-8-12(13)15-10-11/h7-8,10,14H,2-6,9H2,1H3. The zero-order chi connectivity index (χ0) is 10.9. The predicted octanol–water partition coefficient (Wildman–Crippen LogP) is 3.06. The van der Waals surface area contributed by atoms with Crippen LogP contribution in [0.1, 0.15) is 31.2 Å². The summed E-state index contributed by atoms with van der Waals surface area (Å²) in [7, 11) is 2.00. The van der Waals surface area contributed by atoms with Gasteiger partial charge in [0.15, 0.2) is 0 Å². The van der Waals surface area contributed by atoms with E-state index in [1.807, 2.05) is 19.3 Å². The first-order valence-corrected chi connectivity index (χ1v) is 5.96. The normalized spacial score (nSPS) is 10.5. The lowest BCUT2D eigenvalue weighted by Crippen LogP contribution is -2.06. The van der Waals surface area contributed by atoms with Crippen LogP contribution in [0.4, 0.5) is 0 Å². The smallest absolute Gasteiger partial charge is 0.129 e. The Morgan fingerprint density at radius 1 is 1.20 bits per heavy atom. The number of rotatable bonds is 7. The summed E-state index contributed by atoms with van der Waals surface area (Å²) in [4.78, 5) is 4.06. The van der Waals surface area contributed by atoms with Crippen molar-refractivity contribution in [3.8, 4) is 0 Å². The zero-order valence-electron chi connectivity index (χ0n) is 9.30. The Bertz CT molecular complexity index is 259. The lowest BCUT2D eigenvalue weighted by Gasteiger charge is -2.01. The van der Waals surface area contributed by atoms with Gasteiger partial charge in [0.25, 0.3) is 0 Å². The summed E-state index contributed by atoms with van der Waals surface area (Å²) >= 11 is 5.71. The molecule has 1 aromatic heterocycles. The minimum atomic E-state index is 0.577. The van der Waals surface area contributed by atoms with Crippen LogP contribution in [-0.2, 0) is 6.42 Å². The van der Waals surface area contributed by atoms with Crippen LogP contribution >= 0.6 is 11.6 Å². The molecule has 0 bridgehead atoms. The van der Waals surface area contributed by atoms with Gasteiger partial charge in [0.05, 0.1) is 0 Å². The van der Waals surface area contributed by atoms with E-state index >= 15 is 0 Å². The third kappa shape index (κ3) is 5.75. The third-order valence-corrected chi connectivity index (χ3v) is 2.65. The predicted molar refractivity (Wildman–Crippen MR) is 65.3 cm³/mol. The summed E-state index contributed by atoms with van der Waals surface area (Å²) in [5.41, 5.74) is 1.29. The van der Waals surface area contributed by atoms with E-state index in [1.54, 1.807) is 0 Å². The molecular weight excluding hydrogens is 208 g/mol. The molecule has 1 N–H and O–H groups in total. The molecule has 0 amide bonds. The monoisotopic (exact) mass is 226 g/mol. The maximum Gasteiger partial charge on any atom is 0.129 e. The van der Waals surface area contributed by atoms with Crippen molar-refractivity contribution in [3.63, 3.8) is 0 Å². The van der Waals surface area contributed by atoms with Crippen LogP contribution in [0.15, 0.2) is 18.3 Å². The van der Waals surface area contributed by atoms with Gasteiger partial charge in [-0.05, 0) is 44.5 Å². The van der Waals surface area contributed by atoms with E-state index in [4.69, 9.17) is 11.6 Å². The maximum absolute atomic E-state index is 5.71. The van der Waals surface area contributed by atoms with Gasteiger partial charge in [-0.1, -0.05) is 30.5 Å². The Hall–Kier alpha value is -0.600. The molecule has 0 radical (unpaired) electrons. The molecule has 0 aliphatic rings. The van der Waals surface area contributed by atoms with E-state index in [0.717, 1.165) is 13.0 Å². The lowest BCUT2D eigenvalue weighted by atomic mass is 10.1. The molecule has 0 atom stereocenters. The second-order valence-corrected chi connectivity index (χ2v) is 4.14. The van der Waals surface area contributed by atoms with Crippen LogP contribution in [0.25, 0.3) is 0 Å². The summed E-state index contributed by atoms with van der Waals surface area (Å²) in [5.74, 6) is 0. The molecular formula is C12H19ClN2. The summed E-state index contributed by atoms with van der Waals surface area (Å²) in [6.07, 6.45) is 8.11. The molecule has 2 nitrogen and oxygen atoms in total. The first-order valence-electron chi connectivity index (χ1n) is 5.58. The summed E-state index contributed by atoms with van der Waals surface area (Å²) < 4.78 is 0. The molecule has 0 spiro atoms. The van der Waals surface area contributed by atoms with Crippen LogP contribution in [0.5, 0.6) is 0 Å². The van der Waals surface area contributed by atoms with Gasteiger partial charge in [0.2, 0.25) is 0 Å². The summed E-state index contributed by atoms with van der Waals surface area (Å²) in [6.45, 7) is 1.13. The fourth-order valence-electron chi connectivity index (χ4n) is 1.54. The molecule has 0 aromatic carbocycles. The Kier molecular flexibility index (Phi) is 6.37. The summed E-state index contributed by atoms with van der Waals surface area (Å²) in [5, 5.41) is 3.73. The maximum atomic E-state index is 5.71. The highest BCUT2D eigenvalue weighted by molar-refractivity contribution is 6.29. The highest BCUT2D eigenvalue weighted by Gasteiger charge is 1.94. The molecule has 3 heteroatoms. The minimum Gasteiger partial charge on any atom is -0.320 e. The molecule has 0 unspecified atom stereocenters. The molecule has 1 aromatic rings. The van der Waals surface area contributed by atoms with E-state index in [2.05, 4.69) is 16.4 Å². The van der Waals surface area contributed by atoms with Gasteiger partial charge in [0, 0.05) is 6.20 Å². The molecule has 1 rings (SSSR count). The van der Waals surface area contributed by atoms with Gasteiger partial charge in [-0.2, -0.15) is 0 Å². The van der Waals surface area contributed by atoms with Gasteiger partial charge in [-0.3, -0.25) is 0 Å². The van der Waals surface area contributed by atoms with Crippen LogP contribution in [-0.4, -0.2) is 18.6 Å². The number of pyridine rings is 1. The first kappa shape index (κ1) is 12.5. The molecule has 0 aliphatic heterocycles. The average Bonchev–Trinajstić information content (AvgIpc) is 2.26. The SMILES string of the molecule is CNCCCCCCc1ccc(Cl)nc1. The van der Waals surface area contributed by atoms with Crippen molar-refractivity contribution in [1.29, 1.82) is 0 Å². The topological polar surface area (TPSA) is 24.9 Å². The Morgan fingerprint density at radius 2 is 2.00 bits per heavy atom. The van der Waals surface area contributed by atoms with Crippen molar-refractivity contribution in [3.05, 3.63) is 29.0 Å². The fourth-order valence-corrected chi connectivity index (χ4v) is 1.65. The molecule has 0 saturated carbocycles. The quantitative estimate of drug-likeness (QED) is 0.571. The van der Waals surface area contributed by atoms with Crippen molar-refractivity contribution in [2.45, 2.75) is 32.1 Å². The molecule has 0 fully saturated rings. The second kappa shape index (κ2) is 7.66. The van der Waals surface area contributed by atoms with Crippen molar-refractivity contribution in [2.75, 3.05) is 13.6 Å². The average molecular weight is 227 g/mol. The largest absolute Gasteiger partial charge is 0.320 e. The van der Waals surface area contributed by atoms with Gasteiger partial charge in [-0.15, -0.1) is 0 Å². The van der Waals surface area contributed by atoms with E-state index < -0.39 is 0 Å². The zero-order valence-corrected chi connectivity index (χ0v) is 10.1. The number of halogens is 1. The van der Waals surface area contributed by atoms with Crippen LogP contribution in [0, 0.1) is 0 Å². The lowest BCUT2D eigenvalue weighted by molar-refractivity contribution is 0.616. The first-order chi connectivity index (χ1) is 7.33.